The zero-order chi connectivity index (χ0) is 17.5. The van der Waals surface area contributed by atoms with Crippen molar-refractivity contribution >= 4 is 24.3 Å². The molecule has 3 heterocycles. The first kappa shape index (κ1) is 18.1. The molecule has 0 aromatic rings. The van der Waals surface area contributed by atoms with E-state index in [-0.39, 0.29) is 43.5 Å². The highest BCUT2D eigenvalue weighted by Gasteiger charge is 2.36. The van der Waals surface area contributed by atoms with Crippen LogP contribution in [0.4, 0.5) is 4.79 Å². The Hall–Kier alpha value is -2.20. The van der Waals surface area contributed by atoms with Crippen LogP contribution in [-0.4, -0.2) is 90.7 Å². The van der Waals surface area contributed by atoms with Gasteiger partial charge in [0, 0.05) is 0 Å². The van der Waals surface area contributed by atoms with E-state index in [1.807, 2.05) is 0 Å². The summed E-state index contributed by atoms with van der Waals surface area (Å²) in [6.07, 6.45) is 2.38. The summed E-state index contributed by atoms with van der Waals surface area (Å²) < 4.78 is 5.49. The summed E-state index contributed by atoms with van der Waals surface area (Å²) in [6, 6.07) is -0.337. The molecule has 3 saturated heterocycles. The fourth-order valence-corrected chi connectivity index (χ4v) is 3.15. The molecule has 0 aromatic heterocycles. The monoisotopic (exact) mass is 342 g/mol. The van der Waals surface area contributed by atoms with Gasteiger partial charge >= 0.3 is 6.03 Å². The molecule has 10 nitrogen and oxygen atoms in total. The number of nitrogens with one attached hydrogen (secondary N) is 2. The van der Waals surface area contributed by atoms with Crippen LogP contribution in [0.1, 0.15) is 12.8 Å². The average Bonchev–Trinajstić information content (AvgIpc) is 3.22. The number of likely N-dealkylation sites (tertiary alicyclic amines) is 1. The Labute approximate surface area is 139 Å². The van der Waals surface area contributed by atoms with Gasteiger partial charge in [0.2, 0.25) is 11.8 Å². The van der Waals surface area contributed by atoms with Gasteiger partial charge in [-0.15, -0.1) is 0 Å². The normalized spacial score (nSPS) is 26.8. The number of amides is 4. The van der Waals surface area contributed by atoms with Crippen LogP contribution in [0.5, 0.6) is 0 Å². The van der Waals surface area contributed by atoms with E-state index >= 15 is 0 Å². The molecule has 0 spiro atoms. The van der Waals surface area contributed by atoms with E-state index in [9.17, 15) is 14.4 Å². The molecule has 3 aliphatic heterocycles. The van der Waals surface area contributed by atoms with E-state index in [0.29, 0.717) is 13.2 Å². The molecule has 0 saturated carbocycles. The Bertz CT molecular complexity index is 494. The summed E-state index contributed by atoms with van der Waals surface area (Å²) in [5.74, 6) is -0.619. The van der Waals surface area contributed by atoms with Crippen LogP contribution < -0.4 is 10.6 Å². The van der Waals surface area contributed by atoms with E-state index in [1.165, 1.54) is 17.7 Å². The Morgan fingerprint density at radius 3 is 2.58 bits per heavy atom. The third kappa shape index (κ3) is 4.65. The van der Waals surface area contributed by atoms with Gasteiger partial charge in [0.15, 0.2) is 0 Å². The zero-order valence-corrected chi connectivity index (χ0v) is 13.3. The fraction of sp³-hybridized carbons (Fsp3) is 0.714. The van der Waals surface area contributed by atoms with Crippen molar-refractivity contribution in [3.63, 3.8) is 0 Å². The molecule has 3 aliphatic rings. The maximum Gasteiger partial charge on any atom is 0.325 e. The lowest BCUT2D eigenvalue weighted by Crippen LogP contribution is -2.52. The summed E-state index contributed by atoms with van der Waals surface area (Å²) >= 11 is 0. The Kier molecular flexibility index (Phi) is 6.50. The number of ether oxygens (including phenoxy) is 1. The Morgan fingerprint density at radius 1 is 1.33 bits per heavy atom. The standard InChI is InChI=1S/C13H20N4O4.CH2O2/c18-11(5-17-6-12(19)15-13(17)20)14-9-7-21-8-10(9)16-3-1-2-4-16;2-1-3/h9-10H,1-8H2,(H,14,18)(H,15,19,20);1H,(H,2,3)/t9-,10-;/m0./s1. The fourth-order valence-electron chi connectivity index (χ4n) is 3.15. The summed E-state index contributed by atoms with van der Waals surface area (Å²) in [6.45, 7) is 2.82. The van der Waals surface area contributed by atoms with E-state index < -0.39 is 6.03 Å². The second kappa shape index (κ2) is 8.60. The number of hydrogen-bond donors (Lipinski definition) is 3. The van der Waals surface area contributed by atoms with Crippen molar-refractivity contribution in [3.8, 4) is 0 Å². The number of carboxylic acid groups (broad SMARTS) is 1. The minimum Gasteiger partial charge on any atom is -0.483 e. The first-order chi connectivity index (χ1) is 11.5. The number of rotatable bonds is 4. The summed E-state index contributed by atoms with van der Waals surface area (Å²) in [7, 11) is 0. The van der Waals surface area contributed by atoms with Crippen LogP contribution >= 0.6 is 0 Å². The van der Waals surface area contributed by atoms with Gasteiger partial charge in [-0.1, -0.05) is 0 Å². The summed E-state index contributed by atoms with van der Waals surface area (Å²) in [4.78, 5) is 46.5. The van der Waals surface area contributed by atoms with Crippen molar-refractivity contribution in [3.05, 3.63) is 0 Å². The number of carbonyl (C=O) groups excluding carboxylic acids is 3. The van der Waals surface area contributed by atoms with Gasteiger partial charge in [-0.05, 0) is 25.9 Å². The molecule has 3 rings (SSSR count). The van der Waals surface area contributed by atoms with Crippen LogP contribution in [0.3, 0.4) is 0 Å². The van der Waals surface area contributed by atoms with Crippen molar-refractivity contribution in [2.45, 2.75) is 24.9 Å². The SMILES string of the molecule is O=C1CN(CC(=O)N[C@H]2COC[C@@H]2N2CCCC2)C(=O)N1.O=CO. The molecule has 3 fully saturated rings. The lowest BCUT2D eigenvalue weighted by molar-refractivity contribution is -0.124. The largest absolute Gasteiger partial charge is 0.483 e. The predicted octanol–water partition coefficient (Wildman–Crippen LogP) is -1.78. The van der Waals surface area contributed by atoms with Gasteiger partial charge in [-0.3, -0.25) is 24.6 Å². The van der Waals surface area contributed by atoms with Gasteiger partial charge in [-0.25, -0.2) is 4.79 Å². The number of urea groups is 1. The van der Waals surface area contributed by atoms with Crippen molar-refractivity contribution < 1.29 is 29.0 Å². The highest BCUT2D eigenvalue weighted by Crippen LogP contribution is 2.19. The van der Waals surface area contributed by atoms with Crippen LogP contribution in [0.25, 0.3) is 0 Å². The van der Waals surface area contributed by atoms with E-state index in [1.54, 1.807) is 0 Å². The topological polar surface area (TPSA) is 128 Å². The zero-order valence-electron chi connectivity index (χ0n) is 13.3. The number of hydrogen-bond acceptors (Lipinski definition) is 6. The van der Waals surface area contributed by atoms with Gasteiger partial charge < -0.3 is 20.1 Å². The van der Waals surface area contributed by atoms with E-state index in [0.717, 1.165) is 13.1 Å². The average molecular weight is 342 g/mol. The first-order valence-corrected chi connectivity index (χ1v) is 7.83. The molecule has 24 heavy (non-hydrogen) atoms. The second-order valence-electron chi connectivity index (χ2n) is 5.84. The third-order valence-corrected chi connectivity index (χ3v) is 4.21. The maximum absolute atomic E-state index is 12.0. The molecule has 0 radical (unpaired) electrons. The van der Waals surface area contributed by atoms with E-state index in [2.05, 4.69) is 15.5 Å². The highest BCUT2D eigenvalue weighted by molar-refractivity contribution is 6.03. The molecule has 2 atom stereocenters. The quantitative estimate of drug-likeness (QED) is 0.407. The molecule has 10 heteroatoms. The first-order valence-electron chi connectivity index (χ1n) is 7.83. The van der Waals surface area contributed by atoms with Crippen molar-refractivity contribution in [1.29, 1.82) is 0 Å². The summed E-state index contributed by atoms with van der Waals surface area (Å²) in [5.41, 5.74) is 0. The van der Waals surface area contributed by atoms with Crippen molar-refractivity contribution in [1.82, 2.24) is 20.4 Å². The molecule has 4 amide bonds. The third-order valence-electron chi connectivity index (χ3n) is 4.21. The van der Waals surface area contributed by atoms with Gasteiger partial charge in [0.25, 0.3) is 6.47 Å². The molecule has 0 aliphatic carbocycles. The second-order valence-corrected chi connectivity index (χ2v) is 5.84. The molecular formula is C14H22N4O6. The maximum atomic E-state index is 12.0. The molecule has 0 unspecified atom stereocenters. The lowest BCUT2D eigenvalue weighted by Gasteiger charge is -2.28. The van der Waals surface area contributed by atoms with Crippen LogP contribution in [-0.2, 0) is 19.1 Å². The Morgan fingerprint density at radius 2 is 2.00 bits per heavy atom. The molecule has 134 valence electrons. The minimum absolute atomic E-state index is 0.0445. The Balaban J connectivity index is 0.000000647. The number of nitrogens with zero attached hydrogens (tertiary/aromatic N) is 2. The number of imide groups is 1. The lowest BCUT2D eigenvalue weighted by atomic mass is 10.1. The minimum atomic E-state index is -0.506. The van der Waals surface area contributed by atoms with Gasteiger partial charge in [0.1, 0.15) is 13.1 Å². The molecule has 3 N–H and O–H groups in total. The van der Waals surface area contributed by atoms with E-state index in [4.69, 9.17) is 14.6 Å². The smallest absolute Gasteiger partial charge is 0.325 e. The molecule has 0 bridgehead atoms. The van der Waals surface area contributed by atoms with Crippen LogP contribution in [0.2, 0.25) is 0 Å². The van der Waals surface area contributed by atoms with Crippen LogP contribution in [0, 0.1) is 0 Å². The summed E-state index contributed by atoms with van der Waals surface area (Å²) in [5, 5.41) is 12.0. The highest BCUT2D eigenvalue weighted by atomic mass is 16.5. The molecule has 0 aromatic carbocycles. The molecular weight excluding hydrogens is 320 g/mol. The van der Waals surface area contributed by atoms with Crippen LogP contribution in [0.15, 0.2) is 0 Å². The van der Waals surface area contributed by atoms with Crippen molar-refractivity contribution in [2.75, 3.05) is 39.4 Å². The predicted molar refractivity (Wildman–Crippen MR) is 81.1 cm³/mol. The van der Waals surface area contributed by atoms with Gasteiger partial charge in [0.05, 0.1) is 25.3 Å². The van der Waals surface area contributed by atoms with Crippen molar-refractivity contribution in [2.24, 2.45) is 0 Å². The number of carbonyl (C=O) groups is 4. The van der Waals surface area contributed by atoms with Gasteiger partial charge in [-0.2, -0.15) is 0 Å².